The van der Waals surface area contributed by atoms with Crippen molar-refractivity contribution in [2.24, 2.45) is 0 Å². The van der Waals surface area contributed by atoms with Crippen molar-refractivity contribution in [3.8, 4) is 0 Å². The van der Waals surface area contributed by atoms with Gasteiger partial charge in [0, 0.05) is 18.5 Å². The van der Waals surface area contributed by atoms with Gasteiger partial charge in [0.15, 0.2) is 0 Å². The molecule has 0 saturated heterocycles. The van der Waals surface area contributed by atoms with E-state index in [4.69, 9.17) is 5.11 Å². The zero-order valence-corrected chi connectivity index (χ0v) is 9.50. The molecule has 0 bridgehead atoms. The standard InChI is InChI=1S/C12H19NO3/c14-11(15)16-9-5-10-4-8-13-12(10)6-2-1-3-7-12/h4,13H,1-3,5-9H2,(H,14,15). The molecule has 2 rings (SSSR count). The Labute approximate surface area is 95.7 Å². The van der Waals surface area contributed by atoms with Crippen LogP contribution in [0.4, 0.5) is 4.79 Å². The van der Waals surface area contributed by atoms with Crippen molar-refractivity contribution in [2.75, 3.05) is 13.2 Å². The minimum Gasteiger partial charge on any atom is -0.450 e. The normalized spacial score (nSPS) is 23.1. The van der Waals surface area contributed by atoms with Crippen LogP contribution < -0.4 is 5.32 Å². The predicted molar refractivity (Wildman–Crippen MR) is 60.5 cm³/mol. The molecule has 1 spiro atoms. The Hall–Kier alpha value is -1.03. The number of hydrogen-bond acceptors (Lipinski definition) is 3. The number of rotatable bonds is 3. The van der Waals surface area contributed by atoms with E-state index in [1.54, 1.807) is 0 Å². The van der Waals surface area contributed by atoms with Crippen LogP contribution in [0.15, 0.2) is 11.6 Å². The van der Waals surface area contributed by atoms with Gasteiger partial charge in [-0.1, -0.05) is 25.3 Å². The lowest BCUT2D eigenvalue weighted by Crippen LogP contribution is -2.44. The molecule has 0 unspecified atom stereocenters. The third-order valence-electron chi connectivity index (χ3n) is 3.71. The molecule has 1 fully saturated rings. The summed E-state index contributed by atoms with van der Waals surface area (Å²) in [4.78, 5) is 10.3. The summed E-state index contributed by atoms with van der Waals surface area (Å²) >= 11 is 0. The molecular formula is C12H19NO3. The largest absolute Gasteiger partial charge is 0.505 e. The van der Waals surface area contributed by atoms with Crippen LogP contribution in [-0.4, -0.2) is 30.0 Å². The second-order valence-electron chi connectivity index (χ2n) is 4.62. The molecule has 1 saturated carbocycles. The van der Waals surface area contributed by atoms with Gasteiger partial charge in [-0.25, -0.2) is 4.79 Å². The van der Waals surface area contributed by atoms with Gasteiger partial charge in [0.2, 0.25) is 0 Å². The second kappa shape index (κ2) is 4.87. The van der Waals surface area contributed by atoms with Gasteiger partial charge in [-0.15, -0.1) is 0 Å². The number of carboxylic acid groups (broad SMARTS) is 1. The van der Waals surface area contributed by atoms with E-state index in [1.165, 1.54) is 37.7 Å². The quantitative estimate of drug-likeness (QED) is 0.571. The van der Waals surface area contributed by atoms with Crippen LogP contribution in [0.25, 0.3) is 0 Å². The van der Waals surface area contributed by atoms with Crippen molar-refractivity contribution in [1.82, 2.24) is 5.32 Å². The minimum atomic E-state index is -1.18. The number of hydrogen-bond donors (Lipinski definition) is 2. The maximum Gasteiger partial charge on any atom is 0.505 e. The van der Waals surface area contributed by atoms with Gasteiger partial charge in [0.25, 0.3) is 0 Å². The lowest BCUT2D eigenvalue weighted by molar-refractivity contribution is 0.0914. The zero-order chi connectivity index (χ0) is 11.4. The molecule has 4 heteroatoms. The monoisotopic (exact) mass is 225 g/mol. The third kappa shape index (κ3) is 2.38. The molecule has 0 amide bonds. The van der Waals surface area contributed by atoms with E-state index in [2.05, 4.69) is 16.1 Å². The molecule has 0 atom stereocenters. The Bertz CT molecular complexity index is 293. The Morgan fingerprint density at radius 3 is 2.88 bits per heavy atom. The Morgan fingerprint density at radius 1 is 1.44 bits per heavy atom. The van der Waals surface area contributed by atoms with E-state index in [0.717, 1.165) is 13.0 Å². The molecule has 0 aromatic heterocycles. The van der Waals surface area contributed by atoms with Gasteiger partial charge in [-0.2, -0.15) is 0 Å². The van der Waals surface area contributed by atoms with Gasteiger partial charge < -0.3 is 15.2 Å². The van der Waals surface area contributed by atoms with Crippen LogP contribution in [0, 0.1) is 0 Å². The van der Waals surface area contributed by atoms with E-state index in [0.29, 0.717) is 0 Å². The van der Waals surface area contributed by atoms with Gasteiger partial charge in [0.05, 0.1) is 6.61 Å². The molecule has 2 aliphatic rings. The molecule has 90 valence electrons. The number of carbonyl (C=O) groups is 1. The maximum atomic E-state index is 10.3. The molecule has 1 aliphatic carbocycles. The highest BCUT2D eigenvalue weighted by molar-refractivity contribution is 5.56. The Kier molecular flexibility index (Phi) is 3.49. The van der Waals surface area contributed by atoms with Crippen LogP contribution in [0.1, 0.15) is 38.5 Å². The van der Waals surface area contributed by atoms with E-state index >= 15 is 0 Å². The average molecular weight is 225 g/mol. The summed E-state index contributed by atoms with van der Waals surface area (Å²) in [5.74, 6) is 0. The van der Waals surface area contributed by atoms with Gasteiger partial charge >= 0.3 is 6.16 Å². The van der Waals surface area contributed by atoms with Crippen molar-refractivity contribution in [3.63, 3.8) is 0 Å². The van der Waals surface area contributed by atoms with Crippen molar-refractivity contribution >= 4 is 6.16 Å². The second-order valence-corrected chi connectivity index (χ2v) is 4.62. The molecule has 4 nitrogen and oxygen atoms in total. The SMILES string of the molecule is O=C(O)OCCC1=CCNC12CCCCC2. The topological polar surface area (TPSA) is 58.6 Å². The van der Waals surface area contributed by atoms with Gasteiger partial charge in [-0.3, -0.25) is 0 Å². The molecule has 0 radical (unpaired) electrons. The van der Waals surface area contributed by atoms with Crippen molar-refractivity contribution in [2.45, 2.75) is 44.1 Å². The van der Waals surface area contributed by atoms with E-state index in [9.17, 15) is 4.79 Å². The first kappa shape index (κ1) is 11.5. The molecule has 16 heavy (non-hydrogen) atoms. The molecule has 1 aliphatic heterocycles. The molecule has 0 aromatic rings. The van der Waals surface area contributed by atoms with Crippen LogP contribution in [-0.2, 0) is 4.74 Å². The van der Waals surface area contributed by atoms with Crippen LogP contribution in [0.3, 0.4) is 0 Å². The summed E-state index contributed by atoms with van der Waals surface area (Å²) in [6.45, 7) is 1.20. The average Bonchev–Trinajstić information content (AvgIpc) is 2.62. The summed E-state index contributed by atoms with van der Waals surface area (Å²) in [7, 11) is 0. The number of nitrogens with one attached hydrogen (secondary N) is 1. The molecular weight excluding hydrogens is 206 g/mol. The lowest BCUT2D eigenvalue weighted by atomic mass is 9.77. The van der Waals surface area contributed by atoms with Crippen LogP contribution >= 0.6 is 0 Å². The maximum absolute atomic E-state index is 10.3. The Balaban J connectivity index is 1.89. The number of ether oxygens (including phenoxy) is 1. The van der Waals surface area contributed by atoms with Crippen LogP contribution in [0.5, 0.6) is 0 Å². The Morgan fingerprint density at radius 2 is 2.19 bits per heavy atom. The minimum absolute atomic E-state index is 0.167. The van der Waals surface area contributed by atoms with Crippen molar-refractivity contribution in [1.29, 1.82) is 0 Å². The highest BCUT2D eigenvalue weighted by atomic mass is 16.7. The fourth-order valence-corrected chi connectivity index (χ4v) is 2.92. The molecule has 2 N–H and O–H groups in total. The smallest absolute Gasteiger partial charge is 0.450 e. The summed E-state index contributed by atoms with van der Waals surface area (Å²) in [6, 6.07) is 0. The van der Waals surface area contributed by atoms with Gasteiger partial charge in [0.1, 0.15) is 0 Å². The zero-order valence-electron chi connectivity index (χ0n) is 9.50. The fourth-order valence-electron chi connectivity index (χ4n) is 2.92. The third-order valence-corrected chi connectivity index (χ3v) is 3.71. The summed E-state index contributed by atoms with van der Waals surface area (Å²) in [5, 5.41) is 12.0. The first-order valence-electron chi connectivity index (χ1n) is 6.03. The van der Waals surface area contributed by atoms with Crippen molar-refractivity contribution < 1.29 is 14.6 Å². The van der Waals surface area contributed by atoms with Crippen LogP contribution in [0.2, 0.25) is 0 Å². The van der Waals surface area contributed by atoms with E-state index in [-0.39, 0.29) is 12.1 Å². The molecule has 0 aromatic carbocycles. The summed E-state index contributed by atoms with van der Waals surface area (Å²) in [6.07, 6.45) is 7.99. The lowest BCUT2D eigenvalue weighted by Gasteiger charge is -2.36. The first-order chi connectivity index (χ1) is 7.73. The van der Waals surface area contributed by atoms with Crippen molar-refractivity contribution in [3.05, 3.63) is 11.6 Å². The first-order valence-corrected chi connectivity index (χ1v) is 6.03. The van der Waals surface area contributed by atoms with Gasteiger partial charge in [-0.05, 0) is 18.4 Å². The fraction of sp³-hybridized carbons (Fsp3) is 0.750. The van der Waals surface area contributed by atoms with E-state index < -0.39 is 6.16 Å². The highest BCUT2D eigenvalue weighted by Crippen LogP contribution is 2.38. The highest BCUT2D eigenvalue weighted by Gasteiger charge is 2.37. The summed E-state index contributed by atoms with van der Waals surface area (Å²) in [5.41, 5.74) is 1.52. The predicted octanol–water partition coefficient (Wildman–Crippen LogP) is 2.30. The summed E-state index contributed by atoms with van der Waals surface area (Å²) < 4.78 is 4.59. The van der Waals surface area contributed by atoms with E-state index in [1.807, 2.05) is 0 Å². The molecule has 1 heterocycles.